The molecule has 0 aliphatic heterocycles. The lowest BCUT2D eigenvalue weighted by Gasteiger charge is -2.12. The van der Waals surface area contributed by atoms with Crippen molar-refractivity contribution < 1.29 is 4.74 Å². The Labute approximate surface area is 104 Å². The molecule has 1 aromatic heterocycles. The highest BCUT2D eigenvalue weighted by molar-refractivity contribution is 6.30. The Morgan fingerprint density at radius 1 is 1.47 bits per heavy atom. The van der Waals surface area contributed by atoms with Crippen LogP contribution in [0.25, 0.3) is 0 Å². The van der Waals surface area contributed by atoms with E-state index in [9.17, 15) is 9.59 Å². The van der Waals surface area contributed by atoms with Crippen molar-refractivity contribution in [1.82, 2.24) is 9.55 Å². The molecule has 17 heavy (non-hydrogen) atoms. The van der Waals surface area contributed by atoms with Gasteiger partial charge >= 0.3 is 5.69 Å². The average Bonchev–Trinajstić information content (AvgIpc) is 2.25. The van der Waals surface area contributed by atoms with E-state index in [4.69, 9.17) is 16.3 Å². The van der Waals surface area contributed by atoms with Gasteiger partial charge in [-0.2, -0.15) is 0 Å². The fourth-order valence-corrected chi connectivity index (χ4v) is 2.00. The van der Waals surface area contributed by atoms with Gasteiger partial charge in [0.15, 0.2) is 0 Å². The van der Waals surface area contributed by atoms with Crippen LogP contribution >= 0.6 is 11.6 Å². The van der Waals surface area contributed by atoms with Crippen molar-refractivity contribution in [2.75, 3.05) is 13.7 Å². The van der Waals surface area contributed by atoms with E-state index in [-0.39, 0.29) is 16.6 Å². The second kappa shape index (κ2) is 6.02. The van der Waals surface area contributed by atoms with Crippen LogP contribution in [0, 0.1) is 5.92 Å². The van der Waals surface area contributed by atoms with Crippen LogP contribution in [0.5, 0.6) is 0 Å². The zero-order valence-electron chi connectivity index (χ0n) is 10.2. The lowest BCUT2D eigenvalue weighted by molar-refractivity contribution is 0.150. The first-order valence-electron chi connectivity index (χ1n) is 5.51. The van der Waals surface area contributed by atoms with Crippen molar-refractivity contribution in [1.29, 1.82) is 0 Å². The number of aromatic nitrogens is 2. The lowest BCUT2D eigenvalue weighted by Crippen LogP contribution is -2.39. The molecule has 1 atom stereocenters. The molecule has 0 saturated heterocycles. The van der Waals surface area contributed by atoms with Crippen molar-refractivity contribution in [3.8, 4) is 0 Å². The predicted molar refractivity (Wildman–Crippen MR) is 66.8 cm³/mol. The van der Waals surface area contributed by atoms with Gasteiger partial charge in [-0.15, -0.1) is 0 Å². The van der Waals surface area contributed by atoms with Gasteiger partial charge in [0, 0.05) is 13.7 Å². The van der Waals surface area contributed by atoms with Gasteiger partial charge in [-0.25, -0.2) is 4.79 Å². The lowest BCUT2D eigenvalue weighted by atomic mass is 10.2. The number of ether oxygens (including phenoxy) is 1. The maximum Gasteiger partial charge on any atom is 0.329 e. The number of hydrogen-bond donors (Lipinski definition) is 1. The second-order valence-electron chi connectivity index (χ2n) is 4.05. The Kier molecular flexibility index (Phi) is 4.96. The third-order valence-electron chi connectivity index (χ3n) is 2.53. The van der Waals surface area contributed by atoms with E-state index in [1.54, 1.807) is 7.11 Å². The molecule has 1 N–H and O–H groups in total. The fraction of sp³-hybridized carbons (Fsp3) is 0.636. The molecule has 0 spiro atoms. The molecule has 1 unspecified atom stereocenters. The molecule has 5 nitrogen and oxygen atoms in total. The SMILES string of the molecule is CCc1c(Cl)[nH]c(=O)n(CC(C)COC)c1=O. The molecule has 1 aromatic rings. The summed E-state index contributed by atoms with van der Waals surface area (Å²) in [5, 5.41) is 0.137. The number of methoxy groups -OCH3 is 1. The molecule has 0 amide bonds. The van der Waals surface area contributed by atoms with Gasteiger partial charge in [0.1, 0.15) is 5.15 Å². The Bertz CT molecular complexity index is 492. The minimum absolute atomic E-state index is 0.0877. The predicted octanol–water partition coefficient (Wildman–Crippen LogP) is 1.03. The summed E-state index contributed by atoms with van der Waals surface area (Å²) in [6.07, 6.45) is 0.493. The smallest absolute Gasteiger partial charge is 0.329 e. The van der Waals surface area contributed by atoms with E-state index in [1.807, 2.05) is 13.8 Å². The molecule has 0 aliphatic carbocycles. The Morgan fingerprint density at radius 2 is 2.12 bits per heavy atom. The highest BCUT2D eigenvalue weighted by Crippen LogP contribution is 2.06. The largest absolute Gasteiger partial charge is 0.384 e. The summed E-state index contributed by atoms with van der Waals surface area (Å²) in [5.74, 6) is 0.0877. The van der Waals surface area contributed by atoms with E-state index in [0.717, 1.165) is 0 Å². The minimum Gasteiger partial charge on any atom is -0.384 e. The van der Waals surface area contributed by atoms with Crippen LogP contribution in [0.4, 0.5) is 0 Å². The molecule has 0 aliphatic rings. The summed E-state index contributed by atoms with van der Waals surface area (Å²) < 4.78 is 6.16. The van der Waals surface area contributed by atoms with Crippen molar-refractivity contribution in [2.24, 2.45) is 5.92 Å². The summed E-state index contributed by atoms with van der Waals surface area (Å²) in [6, 6.07) is 0. The molecule has 96 valence electrons. The number of nitrogens with one attached hydrogen (secondary N) is 1. The topological polar surface area (TPSA) is 64.1 Å². The van der Waals surface area contributed by atoms with Crippen molar-refractivity contribution in [3.63, 3.8) is 0 Å². The molecule has 0 aromatic carbocycles. The maximum absolute atomic E-state index is 12.0. The third kappa shape index (κ3) is 3.20. The second-order valence-corrected chi connectivity index (χ2v) is 4.43. The summed E-state index contributed by atoms with van der Waals surface area (Å²) in [4.78, 5) is 26.1. The van der Waals surface area contributed by atoms with E-state index in [0.29, 0.717) is 25.1 Å². The van der Waals surface area contributed by atoms with E-state index < -0.39 is 5.69 Å². The van der Waals surface area contributed by atoms with Crippen LogP contribution in [-0.2, 0) is 17.7 Å². The minimum atomic E-state index is -0.472. The van der Waals surface area contributed by atoms with Gasteiger partial charge in [0.25, 0.3) is 5.56 Å². The monoisotopic (exact) mass is 260 g/mol. The quantitative estimate of drug-likeness (QED) is 0.805. The summed E-state index contributed by atoms with van der Waals surface area (Å²) in [7, 11) is 1.59. The van der Waals surface area contributed by atoms with Gasteiger partial charge in [-0.3, -0.25) is 14.3 Å². The van der Waals surface area contributed by atoms with Gasteiger partial charge in [-0.1, -0.05) is 25.4 Å². The van der Waals surface area contributed by atoms with Gasteiger partial charge in [0.05, 0.1) is 12.2 Å². The normalized spacial score (nSPS) is 12.7. The molecule has 0 saturated carbocycles. The standard InChI is InChI=1S/C11H17ClN2O3/c1-4-8-9(12)13-11(16)14(10(8)15)5-7(2)6-17-3/h7H,4-6H2,1-3H3,(H,13,16). The highest BCUT2D eigenvalue weighted by Gasteiger charge is 2.13. The van der Waals surface area contributed by atoms with Gasteiger partial charge < -0.3 is 4.74 Å². The average molecular weight is 261 g/mol. The molecular weight excluding hydrogens is 244 g/mol. The van der Waals surface area contributed by atoms with Crippen LogP contribution in [0.3, 0.4) is 0 Å². The van der Waals surface area contributed by atoms with Crippen LogP contribution < -0.4 is 11.2 Å². The third-order valence-corrected chi connectivity index (χ3v) is 2.85. The van der Waals surface area contributed by atoms with Crippen LogP contribution in [0.15, 0.2) is 9.59 Å². The molecule has 1 rings (SSSR count). The van der Waals surface area contributed by atoms with Crippen molar-refractivity contribution in [3.05, 3.63) is 31.6 Å². The van der Waals surface area contributed by atoms with Gasteiger partial charge in [-0.05, 0) is 12.3 Å². The number of halogens is 1. The van der Waals surface area contributed by atoms with E-state index in [1.165, 1.54) is 4.57 Å². The van der Waals surface area contributed by atoms with Crippen molar-refractivity contribution >= 4 is 11.6 Å². The highest BCUT2D eigenvalue weighted by atomic mass is 35.5. The van der Waals surface area contributed by atoms with Crippen molar-refractivity contribution in [2.45, 2.75) is 26.8 Å². The summed E-state index contributed by atoms with van der Waals surface area (Å²) >= 11 is 5.81. The molecular formula is C11H17ClN2O3. The van der Waals surface area contributed by atoms with Gasteiger partial charge in [0.2, 0.25) is 0 Å². The molecule has 0 radical (unpaired) electrons. The number of nitrogens with zero attached hydrogens (tertiary/aromatic N) is 1. The zero-order valence-corrected chi connectivity index (χ0v) is 11.0. The first kappa shape index (κ1) is 14.0. The molecule has 6 heteroatoms. The summed E-state index contributed by atoms with van der Waals surface area (Å²) in [5.41, 5.74) is -0.347. The first-order valence-corrected chi connectivity index (χ1v) is 5.89. The number of aromatic amines is 1. The number of hydrogen-bond acceptors (Lipinski definition) is 3. The Hall–Kier alpha value is -1.07. The molecule has 0 fully saturated rings. The zero-order chi connectivity index (χ0) is 13.0. The number of H-pyrrole nitrogens is 1. The molecule has 0 bridgehead atoms. The van der Waals surface area contributed by atoms with Crippen LogP contribution in [-0.4, -0.2) is 23.3 Å². The summed E-state index contributed by atoms with van der Waals surface area (Å²) in [6.45, 7) is 4.56. The maximum atomic E-state index is 12.0. The Balaban J connectivity index is 3.16. The van der Waals surface area contributed by atoms with E-state index in [2.05, 4.69) is 4.98 Å². The Morgan fingerprint density at radius 3 is 2.65 bits per heavy atom. The van der Waals surface area contributed by atoms with Crippen LogP contribution in [0.1, 0.15) is 19.4 Å². The number of rotatable bonds is 5. The van der Waals surface area contributed by atoms with Crippen LogP contribution in [0.2, 0.25) is 5.15 Å². The van der Waals surface area contributed by atoms with E-state index >= 15 is 0 Å². The molecule has 1 heterocycles. The fourth-order valence-electron chi connectivity index (χ4n) is 1.71. The first-order chi connectivity index (χ1) is 8.01.